The number of anilines is 3. The van der Waals surface area contributed by atoms with Gasteiger partial charge in [0.15, 0.2) is 17.0 Å². The van der Waals surface area contributed by atoms with Crippen molar-refractivity contribution in [2.24, 2.45) is 0 Å². The summed E-state index contributed by atoms with van der Waals surface area (Å²) >= 11 is 0. The molecule has 13 nitrogen and oxygen atoms in total. The molecule has 13 heteroatoms. The van der Waals surface area contributed by atoms with Gasteiger partial charge >= 0.3 is 5.97 Å². The summed E-state index contributed by atoms with van der Waals surface area (Å²) < 4.78 is 4.55. The summed E-state index contributed by atoms with van der Waals surface area (Å²) in [6, 6.07) is 6.88. The predicted octanol–water partition coefficient (Wildman–Crippen LogP) is 1.75. The Morgan fingerprint density at radius 2 is 1.81 bits per heavy atom. The van der Waals surface area contributed by atoms with E-state index in [0.717, 1.165) is 5.69 Å². The molecule has 192 valence electrons. The molecular formula is C23H30N8O5. The van der Waals surface area contributed by atoms with Crippen LogP contribution in [0.5, 0.6) is 0 Å². The van der Waals surface area contributed by atoms with Crippen LogP contribution in [0.1, 0.15) is 49.7 Å². The Bertz CT molecular complexity index is 1200. The van der Waals surface area contributed by atoms with E-state index in [1.54, 1.807) is 30.5 Å². The van der Waals surface area contributed by atoms with Crippen LogP contribution in [0.2, 0.25) is 0 Å². The summed E-state index contributed by atoms with van der Waals surface area (Å²) in [5.74, 6) is -0.927. The number of hydrogen-bond donors (Lipinski definition) is 5. The number of carbonyl (C=O) groups is 3. The SMILES string of the molecule is CC(C)(C)OC=O.Nc1nc(N)c2nc(CNc3ccc(C(=O)NCCCC(=O)O)cc3)cnc2n1. The number of nitrogens with two attached hydrogens (primary N) is 2. The normalized spacial score (nSPS) is 10.6. The largest absolute Gasteiger partial charge is 0.481 e. The summed E-state index contributed by atoms with van der Waals surface area (Å²) in [4.78, 5) is 48.5. The summed E-state index contributed by atoms with van der Waals surface area (Å²) in [6.07, 6.45) is 1.97. The Morgan fingerprint density at radius 3 is 2.39 bits per heavy atom. The number of nitrogen functional groups attached to an aromatic ring is 2. The molecule has 0 radical (unpaired) electrons. The van der Waals surface area contributed by atoms with Crippen molar-refractivity contribution in [3.05, 3.63) is 41.7 Å². The molecule has 0 aliphatic rings. The van der Waals surface area contributed by atoms with E-state index in [2.05, 4.69) is 35.3 Å². The molecule has 0 spiro atoms. The maximum absolute atomic E-state index is 12.0. The lowest BCUT2D eigenvalue weighted by Gasteiger charge is -2.14. The summed E-state index contributed by atoms with van der Waals surface area (Å²) in [6.45, 7) is 6.61. The first-order chi connectivity index (χ1) is 17.0. The quantitative estimate of drug-likeness (QED) is 0.211. The zero-order chi connectivity index (χ0) is 26.7. The molecule has 1 aromatic carbocycles. The topological polar surface area (TPSA) is 208 Å². The van der Waals surface area contributed by atoms with E-state index >= 15 is 0 Å². The van der Waals surface area contributed by atoms with Gasteiger partial charge < -0.3 is 31.9 Å². The zero-order valence-corrected chi connectivity index (χ0v) is 20.3. The highest BCUT2D eigenvalue weighted by molar-refractivity contribution is 5.94. The number of ether oxygens (including phenoxy) is 1. The Kier molecular flexibility index (Phi) is 9.83. The average Bonchev–Trinajstić information content (AvgIpc) is 2.80. The molecule has 1 amide bonds. The smallest absolute Gasteiger partial charge is 0.303 e. The molecular weight excluding hydrogens is 468 g/mol. The molecule has 36 heavy (non-hydrogen) atoms. The Balaban J connectivity index is 0.000000572. The van der Waals surface area contributed by atoms with E-state index in [1.165, 1.54) is 0 Å². The van der Waals surface area contributed by atoms with Gasteiger partial charge in [0.05, 0.1) is 18.4 Å². The lowest BCUT2D eigenvalue weighted by Crippen LogP contribution is -2.24. The fraction of sp³-hybridized carbons (Fsp3) is 0.348. The van der Waals surface area contributed by atoms with Crippen LogP contribution >= 0.6 is 0 Å². The first-order valence-corrected chi connectivity index (χ1v) is 11.0. The fourth-order valence-corrected chi connectivity index (χ4v) is 2.69. The molecule has 0 fully saturated rings. The Hall–Kier alpha value is -4.55. The number of aromatic nitrogens is 4. The van der Waals surface area contributed by atoms with E-state index in [0.29, 0.717) is 48.4 Å². The standard InChI is InChI=1S/C18H20N8O3.C5H10O2/c19-15-14-16(26-18(20)25-15)23-9-12(24-14)8-22-11-5-3-10(4-6-11)17(29)21-7-1-2-13(27)28;1-5(2,3)7-4-6/h3-6,9,22H,1-2,7-8H2,(H,21,29)(H,27,28)(H4,19,20,23,25,26);4H,1-3H3. The van der Waals surface area contributed by atoms with Crippen molar-refractivity contribution in [2.75, 3.05) is 23.3 Å². The number of carbonyl (C=O) groups excluding carboxylic acids is 2. The van der Waals surface area contributed by atoms with Gasteiger partial charge in [0.1, 0.15) is 5.60 Å². The van der Waals surface area contributed by atoms with Crippen LogP contribution in [0, 0.1) is 0 Å². The van der Waals surface area contributed by atoms with E-state index in [-0.39, 0.29) is 29.7 Å². The molecule has 7 N–H and O–H groups in total. The fourth-order valence-electron chi connectivity index (χ4n) is 2.69. The highest BCUT2D eigenvalue weighted by Gasteiger charge is 2.09. The van der Waals surface area contributed by atoms with Crippen molar-refractivity contribution in [2.45, 2.75) is 45.8 Å². The zero-order valence-electron chi connectivity index (χ0n) is 20.3. The summed E-state index contributed by atoms with van der Waals surface area (Å²) in [7, 11) is 0. The van der Waals surface area contributed by atoms with Crippen molar-refractivity contribution in [1.29, 1.82) is 0 Å². The van der Waals surface area contributed by atoms with Gasteiger partial charge in [-0.1, -0.05) is 0 Å². The molecule has 0 aliphatic carbocycles. The number of nitrogens with zero attached hydrogens (tertiary/aromatic N) is 4. The number of fused-ring (bicyclic) bond motifs is 1. The second-order valence-electron chi connectivity index (χ2n) is 8.51. The van der Waals surface area contributed by atoms with Crippen molar-refractivity contribution in [1.82, 2.24) is 25.3 Å². The Morgan fingerprint density at radius 1 is 1.11 bits per heavy atom. The monoisotopic (exact) mass is 498 g/mol. The van der Waals surface area contributed by atoms with Gasteiger partial charge in [0.25, 0.3) is 12.4 Å². The molecule has 0 bridgehead atoms. The Labute approximate surface area is 207 Å². The minimum absolute atomic E-state index is 0.0198. The van der Waals surface area contributed by atoms with Gasteiger partial charge in [-0.3, -0.25) is 14.4 Å². The van der Waals surface area contributed by atoms with Gasteiger partial charge in [0.2, 0.25) is 5.95 Å². The first kappa shape index (κ1) is 27.7. The maximum Gasteiger partial charge on any atom is 0.303 e. The highest BCUT2D eigenvalue weighted by Crippen LogP contribution is 2.16. The molecule has 3 aromatic rings. The van der Waals surface area contributed by atoms with Crippen LogP contribution in [0.4, 0.5) is 17.5 Å². The van der Waals surface area contributed by atoms with Gasteiger partial charge in [-0.05, 0) is 51.5 Å². The molecule has 0 aliphatic heterocycles. The molecule has 0 unspecified atom stereocenters. The number of rotatable bonds is 9. The number of amides is 1. The predicted molar refractivity (Wildman–Crippen MR) is 134 cm³/mol. The second-order valence-corrected chi connectivity index (χ2v) is 8.51. The lowest BCUT2D eigenvalue weighted by atomic mass is 10.2. The van der Waals surface area contributed by atoms with E-state index < -0.39 is 5.97 Å². The second kappa shape index (κ2) is 12.8. The van der Waals surface area contributed by atoms with Gasteiger partial charge in [-0.25, -0.2) is 9.97 Å². The molecule has 2 aromatic heterocycles. The van der Waals surface area contributed by atoms with E-state index in [9.17, 15) is 14.4 Å². The molecule has 3 rings (SSSR count). The first-order valence-electron chi connectivity index (χ1n) is 11.0. The average molecular weight is 499 g/mol. The van der Waals surface area contributed by atoms with Crippen LogP contribution in [0.15, 0.2) is 30.5 Å². The number of aliphatic carboxylic acids is 1. The van der Waals surface area contributed by atoms with Crippen LogP contribution in [-0.4, -0.2) is 55.5 Å². The molecule has 0 atom stereocenters. The molecule has 0 saturated carbocycles. The van der Waals surface area contributed by atoms with Gasteiger partial charge in [-0.2, -0.15) is 9.97 Å². The minimum Gasteiger partial charge on any atom is -0.481 e. The number of carboxylic acid groups (broad SMARTS) is 1. The van der Waals surface area contributed by atoms with Crippen molar-refractivity contribution < 1.29 is 24.2 Å². The van der Waals surface area contributed by atoms with E-state index in [1.807, 2.05) is 20.8 Å². The van der Waals surface area contributed by atoms with Crippen molar-refractivity contribution >= 4 is 47.0 Å². The maximum atomic E-state index is 12.0. The molecule has 2 heterocycles. The van der Waals surface area contributed by atoms with Crippen molar-refractivity contribution in [3.63, 3.8) is 0 Å². The van der Waals surface area contributed by atoms with Crippen molar-refractivity contribution in [3.8, 4) is 0 Å². The van der Waals surface area contributed by atoms with Crippen LogP contribution in [-0.2, 0) is 20.9 Å². The van der Waals surface area contributed by atoms with Crippen LogP contribution < -0.4 is 22.1 Å². The van der Waals surface area contributed by atoms with Gasteiger partial charge in [-0.15, -0.1) is 0 Å². The third kappa shape index (κ3) is 9.37. The number of nitrogens with one attached hydrogen (secondary N) is 2. The summed E-state index contributed by atoms with van der Waals surface area (Å²) in [5, 5.41) is 14.5. The van der Waals surface area contributed by atoms with Gasteiger partial charge in [0, 0.05) is 24.2 Å². The van der Waals surface area contributed by atoms with Crippen LogP contribution in [0.25, 0.3) is 11.2 Å². The lowest BCUT2D eigenvalue weighted by molar-refractivity contribution is -0.139. The summed E-state index contributed by atoms with van der Waals surface area (Å²) in [5.41, 5.74) is 13.7. The number of hydrogen-bond acceptors (Lipinski definition) is 11. The highest BCUT2D eigenvalue weighted by atomic mass is 16.5. The number of benzene rings is 1. The van der Waals surface area contributed by atoms with E-state index in [4.69, 9.17) is 16.6 Å². The third-order valence-electron chi connectivity index (χ3n) is 4.38. The van der Waals surface area contributed by atoms with Crippen LogP contribution in [0.3, 0.4) is 0 Å². The molecule has 0 saturated heterocycles. The minimum atomic E-state index is -0.884. The third-order valence-corrected chi connectivity index (χ3v) is 4.38. The number of carboxylic acids is 1.